The summed E-state index contributed by atoms with van der Waals surface area (Å²) in [5.74, 6) is 1.58. The third-order valence-electron chi connectivity index (χ3n) is 2.31. The van der Waals surface area contributed by atoms with Gasteiger partial charge in [-0.25, -0.2) is 0 Å². The maximum atomic E-state index is 11.2. The van der Waals surface area contributed by atoms with Crippen molar-refractivity contribution in [1.82, 2.24) is 15.1 Å². The van der Waals surface area contributed by atoms with Gasteiger partial charge in [-0.15, -0.1) is 10.2 Å². The predicted molar refractivity (Wildman–Crippen MR) is 62.6 cm³/mol. The molecule has 84 valence electrons. The van der Waals surface area contributed by atoms with Gasteiger partial charge in [0.1, 0.15) is 5.01 Å². The summed E-state index contributed by atoms with van der Waals surface area (Å²) in [6, 6.07) is 0. The van der Waals surface area contributed by atoms with Crippen molar-refractivity contribution in [3.05, 3.63) is 5.01 Å². The maximum Gasteiger partial charge on any atom is 0.205 e. The molecule has 15 heavy (non-hydrogen) atoms. The van der Waals surface area contributed by atoms with E-state index in [9.17, 15) is 4.21 Å². The average molecular weight is 246 g/mol. The normalized spacial score (nSPS) is 19.3. The minimum Gasteiger partial charge on any atom is -0.363 e. The summed E-state index contributed by atoms with van der Waals surface area (Å²) in [6.07, 6.45) is 0. The van der Waals surface area contributed by atoms with Crippen LogP contribution >= 0.6 is 11.3 Å². The summed E-state index contributed by atoms with van der Waals surface area (Å²) in [7, 11) is 1.24. The zero-order valence-electron chi connectivity index (χ0n) is 8.60. The molecule has 0 aliphatic carbocycles. The molecule has 1 fully saturated rings. The van der Waals surface area contributed by atoms with Crippen molar-refractivity contribution in [3.63, 3.8) is 0 Å². The van der Waals surface area contributed by atoms with Crippen LogP contribution in [0.1, 0.15) is 5.01 Å². The summed E-state index contributed by atoms with van der Waals surface area (Å²) >= 11 is 1.58. The standard InChI is InChI=1S/C8H14N4OS2/c1-9-8-11-10-7(14-8)6-12-2-4-15(13)5-3-12/h2-6H2,1H3,(H,9,11). The van der Waals surface area contributed by atoms with E-state index < -0.39 is 10.8 Å². The number of nitrogens with zero attached hydrogens (tertiary/aromatic N) is 3. The molecule has 0 amide bonds. The lowest BCUT2D eigenvalue weighted by molar-refractivity contribution is 0.290. The first-order chi connectivity index (χ1) is 7.28. The van der Waals surface area contributed by atoms with Crippen LogP contribution < -0.4 is 5.32 Å². The average Bonchev–Trinajstić information content (AvgIpc) is 2.69. The van der Waals surface area contributed by atoms with Crippen LogP contribution in [0.2, 0.25) is 0 Å². The van der Waals surface area contributed by atoms with Crippen LogP contribution in [0.25, 0.3) is 0 Å². The van der Waals surface area contributed by atoms with Crippen LogP contribution in [-0.2, 0) is 17.3 Å². The molecule has 1 saturated heterocycles. The first-order valence-electron chi connectivity index (χ1n) is 4.85. The Morgan fingerprint density at radius 2 is 2.20 bits per heavy atom. The first kappa shape index (κ1) is 11.0. The largest absolute Gasteiger partial charge is 0.363 e. The fourth-order valence-electron chi connectivity index (χ4n) is 1.44. The van der Waals surface area contributed by atoms with Gasteiger partial charge in [-0.2, -0.15) is 0 Å². The molecule has 5 nitrogen and oxygen atoms in total. The van der Waals surface area contributed by atoms with E-state index in [0.717, 1.165) is 41.3 Å². The van der Waals surface area contributed by atoms with Gasteiger partial charge in [0.15, 0.2) is 0 Å². The Bertz CT molecular complexity index is 344. The Morgan fingerprint density at radius 3 is 2.80 bits per heavy atom. The van der Waals surface area contributed by atoms with E-state index in [4.69, 9.17) is 0 Å². The summed E-state index contributed by atoms with van der Waals surface area (Å²) in [5.41, 5.74) is 0. The molecule has 1 aromatic rings. The third kappa shape index (κ3) is 2.96. The molecule has 1 aliphatic rings. The Morgan fingerprint density at radius 1 is 1.47 bits per heavy atom. The number of aromatic nitrogens is 2. The van der Waals surface area contributed by atoms with Crippen LogP contribution in [0.4, 0.5) is 5.13 Å². The highest BCUT2D eigenvalue weighted by Crippen LogP contribution is 2.16. The molecule has 2 heterocycles. The maximum absolute atomic E-state index is 11.2. The van der Waals surface area contributed by atoms with E-state index in [1.54, 1.807) is 11.3 Å². The number of rotatable bonds is 3. The number of hydrogen-bond donors (Lipinski definition) is 1. The van der Waals surface area contributed by atoms with Gasteiger partial charge in [0.2, 0.25) is 5.13 Å². The molecule has 7 heteroatoms. The number of anilines is 1. The summed E-state index contributed by atoms with van der Waals surface area (Å²) in [6.45, 7) is 2.64. The lowest BCUT2D eigenvalue weighted by Crippen LogP contribution is -2.37. The molecule has 1 aliphatic heterocycles. The lowest BCUT2D eigenvalue weighted by atomic mass is 10.5. The van der Waals surface area contributed by atoms with Crippen LogP contribution in [0.15, 0.2) is 0 Å². The summed E-state index contributed by atoms with van der Waals surface area (Å²) in [4.78, 5) is 2.28. The van der Waals surface area contributed by atoms with Crippen molar-refractivity contribution < 1.29 is 4.21 Å². The van der Waals surface area contributed by atoms with Gasteiger partial charge >= 0.3 is 0 Å². The fourth-order valence-corrected chi connectivity index (χ4v) is 3.31. The molecule has 1 aromatic heterocycles. The Hall–Kier alpha value is -0.530. The fraction of sp³-hybridized carbons (Fsp3) is 0.750. The summed E-state index contributed by atoms with van der Waals surface area (Å²) in [5, 5.41) is 12.9. The second-order valence-electron chi connectivity index (χ2n) is 3.38. The second-order valence-corrected chi connectivity index (χ2v) is 6.13. The lowest BCUT2D eigenvalue weighted by Gasteiger charge is -2.24. The molecule has 0 unspecified atom stereocenters. The molecule has 0 bridgehead atoms. The molecule has 0 atom stereocenters. The van der Waals surface area contributed by atoms with Crippen molar-refractivity contribution in [3.8, 4) is 0 Å². The highest BCUT2D eigenvalue weighted by molar-refractivity contribution is 7.85. The van der Waals surface area contributed by atoms with Crippen molar-refractivity contribution in [2.24, 2.45) is 0 Å². The van der Waals surface area contributed by atoms with Gasteiger partial charge in [-0.05, 0) is 0 Å². The highest BCUT2D eigenvalue weighted by Gasteiger charge is 2.16. The molecular weight excluding hydrogens is 232 g/mol. The van der Waals surface area contributed by atoms with Gasteiger partial charge < -0.3 is 5.32 Å². The van der Waals surface area contributed by atoms with Crippen molar-refractivity contribution in [1.29, 1.82) is 0 Å². The molecule has 0 radical (unpaired) electrons. The Kier molecular flexibility index (Phi) is 3.66. The van der Waals surface area contributed by atoms with E-state index in [2.05, 4.69) is 20.4 Å². The van der Waals surface area contributed by atoms with Crippen LogP contribution in [0.3, 0.4) is 0 Å². The smallest absolute Gasteiger partial charge is 0.205 e. The van der Waals surface area contributed by atoms with Gasteiger partial charge in [-0.3, -0.25) is 9.11 Å². The first-order valence-corrected chi connectivity index (χ1v) is 7.16. The quantitative estimate of drug-likeness (QED) is 0.822. The Balaban J connectivity index is 1.88. The molecule has 0 aromatic carbocycles. The van der Waals surface area contributed by atoms with Gasteiger partial charge in [0.05, 0.1) is 6.54 Å². The number of hydrogen-bond acceptors (Lipinski definition) is 6. The van der Waals surface area contributed by atoms with Crippen molar-refractivity contribution in [2.75, 3.05) is 37.0 Å². The van der Waals surface area contributed by atoms with E-state index in [1.807, 2.05) is 7.05 Å². The molecular formula is C8H14N4OS2. The highest BCUT2D eigenvalue weighted by atomic mass is 32.2. The SMILES string of the molecule is CNc1nnc(CN2CCS(=O)CC2)s1. The summed E-state index contributed by atoms with van der Waals surface area (Å²) < 4.78 is 11.2. The third-order valence-corrected chi connectivity index (χ3v) is 4.51. The zero-order chi connectivity index (χ0) is 10.7. The van der Waals surface area contributed by atoms with Gasteiger partial charge in [0.25, 0.3) is 0 Å². The minimum atomic E-state index is -0.602. The van der Waals surface area contributed by atoms with Gasteiger partial charge in [0, 0.05) is 42.4 Å². The minimum absolute atomic E-state index is 0.602. The molecule has 0 saturated carbocycles. The van der Waals surface area contributed by atoms with Crippen LogP contribution in [-0.4, -0.2) is 50.9 Å². The molecule has 0 spiro atoms. The monoisotopic (exact) mass is 246 g/mol. The van der Waals surface area contributed by atoms with Crippen LogP contribution in [0, 0.1) is 0 Å². The Labute approximate surface area is 95.3 Å². The van der Waals surface area contributed by atoms with E-state index >= 15 is 0 Å². The molecule has 2 rings (SSSR count). The van der Waals surface area contributed by atoms with E-state index in [-0.39, 0.29) is 0 Å². The van der Waals surface area contributed by atoms with E-state index in [1.165, 1.54) is 0 Å². The van der Waals surface area contributed by atoms with Gasteiger partial charge in [-0.1, -0.05) is 11.3 Å². The molecule has 1 N–H and O–H groups in total. The predicted octanol–water partition coefficient (Wildman–Crippen LogP) is 0.144. The second kappa shape index (κ2) is 5.00. The topological polar surface area (TPSA) is 58.1 Å². The zero-order valence-corrected chi connectivity index (χ0v) is 10.2. The number of nitrogens with one attached hydrogen (secondary N) is 1. The van der Waals surface area contributed by atoms with Crippen LogP contribution in [0.5, 0.6) is 0 Å². The van der Waals surface area contributed by atoms with Crippen molar-refractivity contribution in [2.45, 2.75) is 6.54 Å². The van der Waals surface area contributed by atoms with E-state index in [0.29, 0.717) is 0 Å². The van der Waals surface area contributed by atoms with Crippen molar-refractivity contribution >= 4 is 27.3 Å².